The van der Waals surface area contributed by atoms with Crippen LogP contribution in [-0.2, 0) is 28.8 Å². The molecule has 8 rings (SSSR count). The molecule has 386 valence electrons. The van der Waals surface area contributed by atoms with E-state index in [1.165, 1.54) is 0 Å². The van der Waals surface area contributed by atoms with Crippen LogP contribution < -0.4 is 46.7 Å². The van der Waals surface area contributed by atoms with Gasteiger partial charge in [-0.2, -0.15) is 0 Å². The number of ether oxygens (including phenoxy) is 2. The number of carbonyl (C=O) groups is 7. The average Bonchev–Trinajstić information content (AvgIpc) is 4.11. The minimum absolute atomic E-state index is 0.00184. The van der Waals surface area contributed by atoms with Gasteiger partial charge in [-0.3, -0.25) is 33.6 Å². The van der Waals surface area contributed by atoms with Crippen molar-refractivity contribution in [2.45, 2.75) is 165 Å². The van der Waals surface area contributed by atoms with Crippen molar-refractivity contribution in [1.29, 1.82) is 0 Å². The van der Waals surface area contributed by atoms with Gasteiger partial charge in [-0.15, -0.1) is 0 Å². The summed E-state index contributed by atoms with van der Waals surface area (Å²) in [7, 11) is 3.41. The number of carbonyl (C=O) groups excluding carboxylic acids is 7. The Hall–Kier alpha value is -5.75. The van der Waals surface area contributed by atoms with E-state index < -0.39 is 54.2 Å². The molecule has 18 heteroatoms. The Balaban J connectivity index is 0.930. The van der Waals surface area contributed by atoms with Crippen LogP contribution in [0.5, 0.6) is 11.5 Å². The van der Waals surface area contributed by atoms with E-state index in [0.717, 1.165) is 64.2 Å². The Morgan fingerprint density at radius 3 is 1.48 bits per heavy atom. The molecule has 8 atom stereocenters. The number of likely N-dealkylation sites (tertiary alicyclic amines) is 2. The molecule has 2 saturated carbocycles. The lowest BCUT2D eigenvalue weighted by molar-refractivity contribution is -0.143. The first kappa shape index (κ1) is 51.6. The van der Waals surface area contributed by atoms with Gasteiger partial charge in [-0.05, 0) is 103 Å². The maximum Gasteiger partial charge on any atom is 0.259 e. The van der Waals surface area contributed by atoms with Crippen LogP contribution in [-0.4, -0.2) is 128 Å². The summed E-state index contributed by atoms with van der Waals surface area (Å²) in [6.45, 7) is 4.89. The van der Waals surface area contributed by atoms with Gasteiger partial charge in [0, 0.05) is 37.1 Å². The molecule has 18 nitrogen and oxygen atoms in total. The van der Waals surface area contributed by atoms with Gasteiger partial charge in [0.1, 0.15) is 35.7 Å². The van der Waals surface area contributed by atoms with Gasteiger partial charge in [0.05, 0.1) is 48.6 Å². The minimum Gasteiger partial charge on any atom is -0.492 e. The second-order valence-corrected chi connectivity index (χ2v) is 20.5. The zero-order chi connectivity index (χ0) is 50.2. The third-order valence-electron chi connectivity index (χ3n) is 16.0. The van der Waals surface area contributed by atoms with E-state index in [0.29, 0.717) is 79.9 Å². The molecule has 0 spiro atoms. The number of para-hydroxylation sites is 2. The van der Waals surface area contributed by atoms with Crippen LogP contribution in [0.2, 0.25) is 0 Å². The van der Waals surface area contributed by atoms with Gasteiger partial charge >= 0.3 is 0 Å². The van der Waals surface area contributed by atoms with Crippen molar-refractivity contribution in [1.82, 2.24) is 41.7 Å². The number of fused-ring (bicyclic) bond motifs is 2. The zero-order valence-corrected chi connectivity index (χ0v) is 41.9. The van der Waals surface area contributed by atoms with E-state index in [2.05, 4.69) is 37.2 Å². The fourth-order valence-corrected chi connectivity index (χ4v) is 11.6. The number of likely N-dealkylation sites (N-methyl/N-ethyl adjacent to an activating group) is 2. The number of rotatable bonds is 16. The molecule has 2 aromatic carbocycles. The number of hydrogen-bond acceptors (Lipinski definition) is 11. The van der Waals surface area contributed by atoms with Crippen LogP contribution in [0.25, 0.3) is 0 Å². The second-order valence-electron chi connectivity index (χ2n) is 20.5. The fourth-order valence-electron chi connectivity index (χ4n) is 11.6. The van der Waals surface area contributed by atoms with Gasteiger partial charge < -0.3 is 56.5 Å². The van der Waals surface area contributed by atoms with E-state index in [1.54, 1.807) is 62.0 Å². The molecule has 4 heterocycles. The number of benzene rings is 2. The van der Waals surface area contributed by atoms with E-state index in [4.69, 9.17) is 9.47 Å². The van der Waals surface area contributed by atoms with Crippen molar-refractivity contribution in [3.63, 3.8) is 0 Å². The Kier molecular flexibility index (Phi) is 17.2. The molecular formula is C53H75N9O9. The molecule has 4 unspecified atom stereocenters. The molecule has 2 aliphatic carbocycles. The molecule has 6 aliphatic rings. The van der Waals surface area contributed by atoms with Crippen molar-refractivity contribution in [3.05, 3.63) is 53.1 Å². The molecule has 4 fully saturated rings. The number of amides is 7. The predicted octanol–water partition coefficient (Wildman–Crippen LogP) is 4.15. The third-order valence-corrected chi connectivity index (χ3v) is 16.0. The predicted molar refractivity (Wildman–Crippen MR) is 266 cm³/mol. The Labute approximate surface area is 417 Å². The minimum atomic E-state index is -0.707. The molecule has 0 radical (unpaired) electrons. The van der Waals surface area contributed by atoms with Crippen LogP contribution in [0.3, 0.4) is 0 Å². The van der Waals surface area contributed by atoms with Crippen LogP contribution in [0.1, 0.15) is 150 Å². The highest BCUT2D eigenvalue weighted by molar-refractivity contribution is 6.07. The summed E-state index contributed by atoms with van der Waals surface area (Å²) >= 11 is 0. The van der Waals surface area contributed by atoms with Crippen LogP contribution in [0.15, 0.2) is 36.4 Å². The summed E-state index contributed by atoms with van der Waals surface area (Å²) < 4.78 is 12.3. The quantitative estimate of drug-likeness (QED) is 0.127. The highest BCUT2D eigenvalue weighted by Gasteiger charge is 2.44. The molecule has 4 aliphatic heterocycles. The van der Waals surface area contributed by atoms with Gasteiger partial charge in [0.2, 0.25) is 35.4 Å². The SMILES string of the molecule is CNC(C)C(=O)NC(C(=O)N1CCC[C@H]1C(=O)N[C@@H]1CCOc2c(NC(=O)c3cccc4c3OCC[C@H]4NC(=O)[C@@H]3CCCN3C(=O)C(NC(=O)C(C)NC)C3CCCCC3)cccc21)C1CCCCC1. The lowest BCUT2D eigenvalue weighted by Gasteiger charge is -2.36. The van der Waals surface area contributed by atoms with Crippen molar-refractivity contribution in [2.75, 3.05) is 45.7 Å². The monoisotopic (exact) mass is 982 g/mol. The lowest BCUT2D eigenvalue weighted by Crippen LogP contribution is -2.58. The van der Waals surface area contributed by atoms with Gasteiger partial charge in [-0.1, -0.05) is 62.8 Å². The molecule has 7 amide bonds. The molecule has 2 saturated heterocycles. The molecular weight excluding hydrogens is 907 g/mol. The van der Waals surface area contributed by atoms with Gasteiger partial charge in [-0.25, -0.2) is 0 Å². The summed E-state index contributed by atoms with van der Waals surface area (Å²) in [6.07, 6.45) is 12.8. The van der Waals surface area contributed by atoms with Crippen molar-refractivity contribution in [3.8, 4) is 11.5 Å². The van der Waals surface area contributed by atoms with Crippen molar-refractivity contribution in [2.24, 2.45) is 11.8 Å². The zero-order valence-electron chi connectivity index (χ0n) is 41.9. The molecule has 7 N–H and O–H groups in total. The normalized spacial score (nSPS) is 24.1. The van der Waals surface area contributed by atoms with Crippen LogP contribution in [0, 0.1) is 11.8 Å². The highest BCUT2D eigenvalue weighted by atomic mass is 16.5. The van der Waals surface area contributed by atoms with E-state index in [9.17, 15) is 33.6 Å². The van der Waals surface area contributed by atoms with Gasteiger partial charge in [0.25, 0.3) is 5.91 Å². The smallest absolute Gasteiger partial charge is 0.259 e. The number of nitrogens with zero attached hydrogens (tertiary/aromatic N) is 2. The van der Waals surface area contributed by atoms with Crippen molar-refractivity contribution >= 4 is 47.0 Å². The van der Waals surface area contributed by atoms with E-state index >= 15 is 0 Å². The molecule has 0 bridgehead atoms. The first-order valence-electron chi connectivity index (χ1n) is 26.4. The summed E-state index contributed by atoms with van der Waals surface area (Å²) in [5.74, 6) is -1.11. The summed E-state index contributed by atoms with van der Waals surface area (Å²) in [6, 6.07) is 5.98. The number of anilines is 1. The first-order chi connectivity index (χ1) is 34.4. The largest absolute Gasteiger partial charge is 0.492 e. The highest BCUT2D eigenvalue weighted by Crippen LogP contribution is 2.41. The third kappa shape index (κ3) is 11.6. The molecule has 71 heavy (non-hydrogen) atoms. The number of nitrogens with one attached hydrogen (secondary N) is 7. The number of hydrogen-bond donors (Lipinski definition) is 7. The van der Waals surface area contributed by atoms with Crippen LogP contribution >= 0.6 is 0 Å². The Morgan fingerprint density at radius 1 is 0.549 bits per heavy atom. The fraction of sp³-hybridized carbons (Fsp3) is 0.642. The van der Waals surface area contributed by atoms with E-state index in [1.807, 2.05) is 12.1 Å². The van der Waals surface area contributed by atoms with Crippen molar-refractivity contribution < 1.29 is 43.0 Å². The maximum atomic E-state index is 14.3. The van der Waals surface area contributed by atoms with Crippen LogP contribution in [0.4, 0.5) is 5.69 Å². The summed E-state index contributed by atoms with van der Waals surface area (Å²) in [5.41, 5.74) is 2.03. The van der Waals surface area contributed by atoms with E-state index in [-0.39, 0.29) is 66.1 Å². The molecule has 2 aromatic rings. The standard InChI is InChI=1S/C53H75N9O9/c1-31(54-3)47(63)59-43(33-15-7-5-8-16-33)52(68)61-27-13-23-41(61)50(66)56-38-25-29-70-45-35(38)19-11-21-37(45)49(65)58-40-22-12-20-36-39(26-30-71-46(36)40)57-51(67)42-24-14-28-62(42)53(69)44(34-17-9-6-10-18-34)60-48(64)32(2)55-4/h11-12,19-22,31-34,38-39,41-44,54-55H,5-10,13-18,23-30H2,1-4H3,(H,56,66)(H,57,67)(H,58,65)(H,59,63)(H,60,64)/t31?,32?,38-,39-,41+,42+,43?,44?/m1/s1. The summed E-state index contributed by atoms with van der Waals surface area (Å²) in [4.78, 5) is 101. The van der Waals surface area contributed by atoms with Gasteiger partial charge in [0.15, 0.2) is 0 Å². The topological polar surface area (TPSA) is 229 Å². The maximum absolute atomic E-state index is 14.3. The lowest BCUT2D eigenvalue weighted by atomic mass is 9.83. The Morgan fingerprint density at radius 2 is 1.00 bits per heavy atom. The molecule has 0 aromatic heterocycles. The Bertz CT molecular complexity index is 2280. The average molecular weight is 982 g/mol. The summed E-state index contributed by atoms with van der Waals surface area (Å²) in [5, 5.41) is 21.4. The first-order valence-corrected chi connectivity index (χ1v) is 26.4. The second kappa shape index (κ2) is 23.7.